The highest BCUT2D eigenvalue weighted by Gasteiger charge is 2.38. The van der Waals surface area contributed by atoms with E-state index in [2.05, 4.69) is 45.0 Å². The maximum absolute atomic E-state index is 9.38. The number of ether oxygens (including phenoxy) is 12. The number of thiophene rings is 4. The van der Waals surface area contributed by atoms with Gasteiger partial charge in [-0.1, -0.05) is 44.0 Å². The number of aliphatic hydroxyl groups is 3. The minimum Gasteiger partial charge on any atom is -0.488 e. The molecule has 0 aromatic carbocycles. The topological polar surface area (TPSA) is 171 Å². The smallest absolute Gasteiger partial charge is 0.171 e. The summed E-state index contributed by atoms with van der Waals surface area (Å²) >= 11 is 13.3. The molecule has 15 nitrogen and oxygen atoms in total. The summed E-state index contributed by atoms with van der Waals surface area (Å²) in [6.07, 6.45) is 3.46. The Bertz CT molecular complexity index is 1780. The van der Waals surface area contributed by atoms with Crippen molar-refractivity contribution in [2.75, 3.05) is 138 Å². The Labute approximate surface area is 420 Å². The number of fused-ring (bicyclic) bond motifs is 4. The van der Waals surface area contributed by atoms with Crippen LogP contribution in [0.4, 0.5) is 0 Å². The first kappa shape index (κ1) is 56.0. The van der Waals surface area contributed by atoms with E-state index in [-0.39, 0.29) is 24.0 Å². The molecular weight excluding hydrogens is 1070 g/mol. The SMILES string of the molecule is BrCC1(CBr)COc2cscc2OC1.C=CCOCC1(COCC=C)COc2cscc2OC1.CO.COCC1(CO)COc2cscc2OC1.COCC1(CO)COc2cscc2OC1. The first-order valence-corrected chi connectivity index (χ1v) is 26.6. The average Bonchev–Trinajstić information content (AvgIpc) is 4.15. The monoisotopic (exact) mass is 1130 g/mol. The summed E-state index contributed by atoms with van der Waals surface area (Å²) in [7, 11) is 4.22. The van der Waals surface area contributed by atoms with Gasteiger partial charge in [-0.2, -0.15) is 0 Å². The summed E-state index contributed by atoms with van der Waals surface area (Å²) in [4.78, 5) is 0. The summed E-state index contributed by atoms with van der Waals surface area (Å²) in [6, 6.07) is 0. The van der Waals surface area contributed by atoms with Gasteiger partial charge in [-0.05, 0) is 0 Å². The highest BCUT2D eigenvalue weighted by Crippen LogP contribution is 2.40. The molecule has 8 rings (SSSR count). The second kappa shape index (κ2) is 29.4. The van der Waals surface area contributed by atoms with Crippen molar-refractivity contribution in [1.29, 1.82) is 0 Å². The van der Waals surface area contributed by atoms with Crippen molar-refractivity contribution in [3.8, 4) is 46.0 Å². The van der Waals surface area contributed by atoms with Crippen LogP contribution in [0.3, 0.4) is 0 Å². The first-order chi connectivity index (χ1) is 32.2. The molecule has 4 aliphatic rings. The van der Waals surface area contributed by atoms with Crippen molar-refractivity contribution in [3.63, 3.8) is 0 Å². The molecule has 0 saturated heterocycles. The number of methoxy groups -OCH3 is 2. The summed E-state index contributed by atoms with van der Waals surface area (Å²) in [5.74, 6) is 6.36. The molecule has 0 bridgehead atoms. The van der Waals surface area contributed by atoms with Gasteiger partial charge in [-0.3, -0.25) is 0 Å². The number of aliphatic hydroxyl groups excluding tert-OH is 3. The Hall–Kier alpha value is -2.64. The molecule has 0 saturated carbocycles. The minimum absolute atomic E-state index is 0.00541. The van der Waals surface area contributed by atoms with Crippen LogP contribution in [0.2, 0.25) is 0 Å². The van der Waals surface area contributed by atoms with Crippen LogP contribution in [0, 0.1) is 21.7 Å². The van der Waals surface area contributed by atoms with Gasteiger partial charge < -0.3 is 72.2 Å². The molecular formula is C45H62Br2O15S4. The zero-order valence-corrected chi connectivity index (χ0v) is 44.0. The normalized spacial score (nSPS) is 17.5. The molecule has 4 aromatic heterocycles. The van der Waals surface area contributed by atoms with Crippen LogP contribution < -0.4 is 37.9 Å². The predicted molar refractivity (Wildman–Crippen MR) is 267 cm³/mol. The third-order valence-corrected chi connectivity index (χ3v) is 15.2. The van der Waals surface area contributed by atoms with E-state index in [1.165, 1.54) is 0 Å². The standard InChI is InChI=1S/C15H20O4S.2C10H14O4S.C9H10Br2O2S.CH4O/c1-3-5-16-9-15(10-17-6-4-2)11-18-13-7-20-8-14(13)19-12-15;2*1-12-5-10(4-11)6-13-8-2-15-3-9(8)14-7-10;10-3-9(4-11)5-12-7-1-14-2-8(7)13-6-9;1-2/h3-4,7-8H,1-2,5-6,9-12H2;2*2-3,11H,4-7H2,1H3;1-2H,3-6H2;2H,1H3. The van der Waals surface area contributed by atoms with Crippen LogP contribution in [0.15, 0.2) is 68.4 Å². The summed E-state index contributed by atoms with van der Waals surface area (Å²) in [5.41, 5.74) is -1.18. The summed E-state index contributed by atoms with van der Waals surface area (Å²) in [5, 5.41) is 42.9. The van der Waals surface area contributed by atoms with Crippen molar-refractivity contribution < 1.29 is 72.2 Å². The lowest BCUT2D eigenvalue weighted by atomic mass is 9.92. The van der Waals surface area contributed by atoms with Crippen molar-refractivity contribution in [1.82, 2.24) is 0 Å². The van der Waals surface area contributed by atoms with Gasteiger partial charge in [0, 0.05) is 75.0 Å². The second-order valence-corrected chi connectivity index (χ2v) is 19.9. The molecule has 0 aliphatic carbocycles. The van der Waals surface area contributed by atoms with E-state index < -0.39 is 10.8 Å². The van der Waals surface area contributed by atoms with Crippen molar-refractivity contribution in [2.24, 2.45) is 21.7 Å². The fraction of sp³-hybridized carbons (Fsp3) is 0.556. The molecule has 0 amide bonds. The first-order valence-electron chi connectivity index (χ1n) is 20.6. The molecule has 8 heterocycles. The van der Waals surface area contributed by atoms with E-state index in [0.29, 0.717) is 92.5 Å². The lowest BCUT2D eigenvalue weighted by Gasteiger charge is -2.30. The molecule has 0 fully saturated rings. The van der Waals surface area contributed by atoms with Crippen LogP contribution in [-0.4, -0.2) is 153 Å². The van der Waals surface area contributed by atoms with E-state index >= 15 is 0 Å². The highest BCUT2D eigenvalue weighted by molar-refractivity contribution is 9.09. The van der Waals surface area contributed by atoms with Gasteiger partial charge in [0.25, 0.3) is 0 Å². The molecule has 4 aromatic rings. The van der Waals surface area contributed by atoms with Gasteiger partial charge in [-0.15, -0.1) is 58.5 Å². The molecule has 21 heteroatoms. The number of alkyl halides is 2. The molecule has 0 unspecified atom stereocenters. The second-order valence-electron chi connectivity index (χ2n) is 15.8. The van der Waals surface area contributed by atoms with E-state index in [4.69, 9.17) is 61.9 Å². The van der Waals surface area contributed by atoms with Gasteiger partial charge in [0.05, 0.1) is 87.7 Å². The Morgan fingerprint density at radius 1 is 0.470 bits per heavy atom. The molecule has 66 heavy (non-hydrogen) atoms. The molecule has 0 atom stereocenters. The van der Waals surface area contributed by atoms with Crippen LogP contribution in [0.5, 0.6) is 46.0 Å². The summed E-state index contributed by atoms with van der Waals surface area (Å²) in [6.45, 7) is 14.2. The number of hydrogen-bond acceptors (Lipinski definition) is 19. The van der Waals surface area contributed by atoms with Gasteiger partial charge >= 0.3 is 0 Å². The molecule has 3 N–H and O–H groups in total. The minimum atomic E-state index is -0.453. The van der Waals surface area contributed by atoms with E-state index in [1.54, 1.807) is 71.7 Å². The van der Waals surface area contributed by atoms with Crippen molar-refractivity contribution in [2.45, 2.75) is 0 Å². The van der Waals surface area contributed by atoms with Crippen LogP contribution >= 0.6 is 77.2 Å². The van der Waals surface area contributed by atoms with Crippen LogP contribution in [-0.2, 0) is 18.9 Å². The number of halogens is 2. The maximum Gasteiger partial charge on any atom is 0.171 e. The molecule has 0 spiro atoms. The lowest BCUT2D eigenvalue weighted by Crippen LogP contribution is -2.42. The molecule has 0 radical (unpaired) electrons. The molecule has 370 valence electrons. The van der Waals surface area contributed by atoms with Crippen molar-refractivity contribution >= 4 is 77.2 Å². The fourth-order valence-electron chi connectivity index (χ4n) is 6.12. The maximum atomic E-state index is 9.38. The van der Waals surface area contributed by atoms with Crippen LogP contribution in [0.25, 0.3) is 0 Å². The Kier molecular flexibility index (Phi) is 24.9. The van der Waals surface area contributed by atoms with E-state index in [9.17, 15) is 10.2 Å². The quantitative estimate of drug-likeness (QED) is 0.0558. The van der Waals surface area contributed by atoms with Gasteiger partial charge in [0.1, 0.15) is 39.6 Å². The van der Waals surface area contributed by atoms with E-state index in [0.717, 1.165) is 63.8 Å². The van der Waals surface area contributed by atoms with Crippen LogP contribution in [0.1, 0.15) is 0 Å². The van der Waals surface area contributed by atoms with Gasteiger partial charge in [-0.25, -0.2) is 0 Å². The number of hydrogen-bond donors (Lipinski definition) is 3. The third-order valence-electron chi connectivity index (χ3n) is 10.1. The molecule has 4 aliphatic heterocycles. The third kappa shape index (κ3) is 16.2. The summed E-state index contributed by atoms with van der Waals surface area (Å²) < 4.78 is 66.9. The highest BCUT2D eigenvalue weighted by atomic mass is 79.9. The Balaban J connectivity index is 0.000000192. The lowest BCUT2D eigenvalue weighted by molar-refractivity contribution is -0.0495. The van der Waals surface area contributed by atoms with Gasteiger partial charge in [0.2, 0.25) is 0 Å². The zero-order chi connectivity index (χ0) is 47.7. The number of rotatable bonds is 16. The van der Waals surface area contributed by atoms with Crippen molar-refractivity contribution in [3.05, 3.63) is 68.4 Å². The fourth-order valence-corrected chi connectivity index (χ4v) is 10.4. The van der Waals surface area contributed by atoms with Gasteiger partial charge in [0.15, 0.2) is 46.0 Å². The largest absolute Gasteiger partial charge is 0.488 e. The zero-order valence-electron chi connectivity index (χ0n) is 37.5. The Morgan fingerprint density at radius 2 is 0.712 bits per heavy atom. The Morgan fingerprint density at radius 3 is 0.924 bits per heavy atom. The predicted octanol–water partition coefficient (Wildman–Crippen LogP) is 8.10. The van der Waals surface area contributed by atoms with E-state index in [1.807, 2.05) is 43.0 Å². The average molecular weight is 1130 g/mol.